The first-order valence-corrected chi connectivity index (χ1v) is 12.0. The molecule has 0 atom stereocenters. The van der Waals surface area contributed by atoms with Crippen LogP contribution in [0.4, 0.5) is 20.6 Å². The molecule has 4 rings (SSSR count). The summed E-state index contributed by atoms with van der Waals surface area (Å²) < 4.78 is 25.3. The summed E-state index contributed by atoms with van der Waals surface area (Å²) >= 11 is 3.40. The highest BCUT2D eigenvalue weighted by atomic mass is 79.9. The quantitative estimate of drug-likeness (QED) is 0.168. The Morgan fingerprint density at radius 3 is 2.45 bits per heavy atom. The standard InChI is InChI=1S/C26H19BrFN3O7/c1-2-37-22-12-16(21(27)13-23(22)38-14-15-4-3-5-19(10-15)31(35)36)11-20-24(32)29-26(34)30(25(20)33)18-8-6-17(28)7-9-18/h3-13H,2,14H2,1H3,(H,29,32,34)/b20-11+. The van der Waals surface area contributed by atoms with Gasteiger partial charge in [-0.25, -0.2) is 14.1 Å². The number of rotatable bonds is 8. The minimum Gasteiger partial charge on any atom is -0.490 e. The van der Waals surface area contributed by atoms with Crippen LogP contribution in [0.15, 0.2) is 70.7 Å². The number of halogens is 2. The van der Waals surface area contributed by atoms with Crippen LogP contribution in [-0.4, -0.2) is 29.4 Å². The Kier molecular flexibility index (Phi) is 7.82. The van der Waals surface area contributed by atoms with Gasteiger partial charge in [-0.2, -0.15) is 0 Å². The lowest BCUT2D eigenvalue weighted by atomic mass is 10.1. The third-order valence-corrected chi connectivity index (χ3v) is 6.05. The molecule has 1 N–H and O–H groups in total. The van der Waals surface area contributed by atoms with Crippen LogP contribution in [0.3, 0.4) is 0 Å². The molecule has 1 aliphatic heterocycles. The predicted molar refractivity (Wildman–Crippen MR) is 138 cm³/mol. The molecule has 1 saturated heterocycles. The van der Waals surface area contributed by atoms with Gasteiger partial charge in [0.2, 0.25) is 0 Å². The number of nitrogens with one attached hydrogen (secondary N) is 1. The largest absolute Gasteiger partial charge is 0.490 e. The molecular formula is C26H19BrFN3O7. The van der Waals surface area contributed by atoms with Gasteiger partial charge < -0.3 is 9.47 Å². The van der Waals surface area contributed by atoms with E-state index in [1.807, 2.05) is 0 Å². The van der Waals surface area contributed by atoms with Gasteiger partial charge in [0.1, 0.15) is 18.0 Å². The van der Waals surface area contributed by atoms with Crippen molar-refractivity contribution in [2.45, 2.75) is 13.5 Å². The van der Waals surface area contributed by atoms with E-state index in [4.69, 9.17) is 9.47 Å². The molecule has 12 heteroatoms. The summed E-state index contributed by atoms with van der Waals surface area (Å²) in [6.45, 7) is 2.05. The molecule has 10 nitrogen and oxygen atoms in total. The van der Waals surface area contributed by atoms with Gasteiger partial charge in [-0.05, 0) is 60.5 Å². The number of urea groups is 1. The molecule has 3 aromatic carbocycles. The summed E-state index contributed by atoms with van der Waals surface area (Å²) in [6, 6.07) is 12.8. The molecule has 0 unspecified atom stereocenters. The first-order valence-electron chi connectivity index (χ1n) is 11.2. The van der Waals surface area contributed by atoms with E-state index < -0.39 is 28.6 Å². The zero-order valence-corrected chi connectivity index (χ0v) is 21.4. The number of anilines is 1. The molecule has 1 fully saturated rings. The molecule has 0 saturated carbocycles. The predicted octanol–water partition coefficient (Wildman–Crippen LogP) is 5.14. The maximum absolute atomic E-state index is 13.3. The Bertz CT molecular complexity index is 1470. The lowest BCUT2D eigenvalue weighted by molar-refractivity contribution is -0.384. The third kappa shape index (κ3) is 5.70. The molecule has 0 bridgehead atoms. The first-order chi connectivity index (χ1) is 18.2. The van der Waals surface area contributed by atoms with Crippen LogP contribution in [0, 0.1) is 15.9 Å². The van der Waals surface area contributed by atoms with Gasteiger partial charge in [-0.3, -0.25) is 25.0 Å². The number of carbonyl (C=O) groups excluding carboxylic acids is 3. The van der Waals surface area contributed by atoms with Gasteiger partial charge in [0.25, 0.3) is 17.5 Å². The molecule has 3 aromatic rings. The Labute approximate surface area is 223 Å². The van der Waals surface area contributed by atoms with Crippen molar-refractivity contribution in [3.05, 3.63) is 97.8 Å². The lowest BCUT2D eigenvalue weighted by Crippen LogP contribution is -2.54. The molecule has 0 aromatic heterocycles. The van der Waals surface area contributed by atoms with Crippen LogP contribution in [0.2, 0.25) is 0 Å². The van der Waals surface area contributed by atoms with Crippen molar-refractivity contribution in [1.82, 2.24) is 5.32 Å². The van der Waals surface area contributed by atoms with Crippen molar-refractivity contribution in [2.24, 2.45) is 0 Å². The van der Waals surface area contributed by atoms with E-state index in [1.165, 1.54) is 30.3 Å². The van der Waals surface area contributed by atoms with Crippen molar-refractivity contribution in [3.63, 3.8) is 0 Å². The summed E-state index contributed by atoms with van der Waals surface area (Å²) in [7, 11) is 0. The van der Waals surface area contributed by atoms with E-state index in [9.17, 15) is 28.9 Å². The van der Waals surface area contributed by atoms with Crippen molar-refractivity contribution >= 4 is 51.2 Å². The van der Waals surface area contributed by atoms with Crippen molar-refractivity contribution < 1.29 is 33.2 Å². The van der Waals surface area contributed by atoms with Gasteiger partial charge in [0.05, 0.1) is 17.2 Å². The molecule has 1 heterocycles. The number of barbiturate groups is 1. The van der Waals surface area contributed by atoms with Crippen molar-refractivity contribution in [3.8, 4) is 11.5 Å². The number of hydrogen-bond acceptors (Lipinski definition) is 7. The number of imide groups is 2. The highest BCUT2D eigenvalue weighted by Crippen LogP contribution is 2.36. The molecule has 4 amide bonds. The topological polar surface area (TPSA) is 128 Å². The number of hydrogen-bond donors (Lipinski definition) is 1. The monoisotopic (exact) mass is 583 g/mol. The number of non-ortho nitro benzene ring substituents is 1. The molecule has 1 aliphatic rings. The summed E-state index contributed by atoms with van der Waals surface area (Å²) in [5.41, 5.74) is 0.638. The Morgan fingerprint density at radius 1 is 1.05 bits per heavy atom. The number of carbonyl (C=O) groups is 3. The van der Waals surface area contributed by atoms with E-state index >= 15 is 0 Å². The summed E-state index contributed by atoms with van der Waals surface area (Å²) in [5.74, 6) is -1.72. The first kappa shape index (κ1) is 26.5. The number of ether oxygens (including phenoxy) is 2. The fourth-order valence-electron chi connectivity index (χ4n) is 3.60. The smallest absolute Gasteiger partial charge is 0.335 e. The maximum atomic E-state index is 13.3. The molecular weight excluding hydrogens is 565 g/mol. The van der Waals surface area contributed by atoms with Gasteiger partial charge in [0, 0.05) is 16.6 Å². The molecule has 0 aliphatic carbocycles. The normalized spacial score (nSPS) is 14.4. The molecule has 38 heavy (non-hydrogen) atoms. The van der Waals surface area contributed by atoms with Crippen LogP contribution < -0.4 is 19.7 Å². The van der Waals surface area contributed by atoms with Gasteiger partial charge >= 0.3 is 6.03 Å². The van der Waals surface area contributed by atoms with E-state index in [-0.39, 0.29) is 30.2 Å². The molecule has 0 spiro atoms. The highest BCUT2D eigenvalue weighted by Gasteiger charge is 2.37. The second kappa shape index (κ2) is 11.2. The van der Waals surface area contributed by atoms with Crippen LogP contribution in [-0.2, 0) is 16.2 Å². The second-order valence-electron chi connectivity index (χ2n) is 7.90. The van der Waals surface area contributed by atoms with E-state index in [2.05, 4.69) is 21.2 Å². The van der Waals surface area contributed by atoms with Crippen LogP contribution in [0.25, 0.3) is 6.08 Å². The van der Waals surface area contributed by atoms with E-state index in [1.54, 1.807) is 31.2 Å². The van der Waals surface area contributed by atoms with Gasteiger partial charge in [-0.1, -0.05) is 28.1 Å². The van der Waals surface area contributed by atoms with E-state index in [0.717, 1.165) is 17.0 Å². The Morgan fingerprint density at radius 2 is 1.76 bits per heavy atom. The number of nitro benzene ring substituents is 1. The SMILES string of the molecule is CCOc1cc(/C=C2\C(=O)NC(=O)N(c3ccc(F)cc3)C2=O)c(Br)cc1OCc1cccc([N+](=O)[O-])c1. The summed E-state index contributed by atoms with van der Waals surface area (Å²) in [5, 5.41) is 13.1. The zero-order valence-electron chi connectivity index (χ0n) is 19.8. The second-order valence-corrected chi connectivity index (χ2v) is 8.76. The van der Waals surface area contributed by atoms with Crippen LogP contribution >= 0.6 is 15.9 Å². The maximum Gasteiger partial charge on any atom is 0.335 e. The zero-order chi connectivity index (χ0) is 27.4. The Balaban J connectivity index is 1.64. The molecule has 194 valence electrons. The average molecular weight is 584 g/mol. The third-order valence-electron chi connectivity index (χ3n) is 5.36. The minimum atomic E-state index is -0.956. The van der Waals surface area contributed by atoms with Crippen LogP contribution in [0.5, 0.6) is 11.5 Å². The number of benzene rings is 3. The van der Waals surface area contributed by atoms with Gasteiger partial charge in [0.15, 0.2) is 11.5 Å². The fourth-order valence-corrected chi connectivity index (χ4v) is 4.04. The van der Waals surface area contributed by atoms with Crippen molar-refractivity contribution in [1.29, 1.82) is 0 Å². The summed E-state index contributed by atoms with van der Waals surface area (Å²) in [4.78, 5) is 49.3. The van der Waals surface area contributed by atoms with Crippen molar-refractivity contribution in [2.75, 3.05) is 11.5 Å². The highest BCUT2D eigenvalue weighted by molar-refractivity contribution is 9.10. The average Bonchev–Trinajstić information content (AvgIpc) is 2.88. The molecule has 0 radical (unpaired) electrons. The summed E-state index contributed by atoms with van der Waals surface area (Å²) in [6.07, 6.45) is 1.29. The fraction of sp³-hybridized carbons (Fsp3) is 0.115. The minimum absolute atomic E-state index is 0.0181. The number of amides is 4. The van der Waals surface area contributed by atoms with E-state index in [0.29, 0.717) is 27.1 Å². The Hall–Kier alpha value is -4.58. The van der Waals surface area contributed by atoms with Gasteiger partial charge in [-0.15, -0.1) is 0 Å². The van der Waals surface area contributed by atoms with Crippen LogP contribution in [0.1, 0.15) is 18.1 Å². The number of nitro groups is 1. The number of nitrogens with zero attached hydrogens (tertiary/aromatic N) is 2. The lowest BCUT2D eigenvalue weighted by Gasteiger charge is -2.26.